The van der Waals surface area contributed by atoms with Crippen LogP contribution in [0.5, 0.6) is 0 Å². The predicted octanol–water partition coefficient (Wildman–Crippen LogP) is 5.04. The van der Waals surface area contributed by atoms with Crippen molar-refractivity contribution >= 4 is 38.5 Å². The molecule has 0 amide bonds. The van der Waals surface area contributed by atoms with Crippen molar-refractivity contribution in [1.29, 1.82) is 0 Å². The van der Waals surface area contributed by atoms with Crippen LogP contribution in [0.25, 0.3) is 11.0 Å². The maximum absolute atomic E-state index is 13.9. The summed E-state index contributed by atoms with van der Waals surface area (Å²) in [6, 6.07) is 11.1. The lowest BCUT2D eigenvalue weighted by atomic mass is 10.0. The summed E-state index contributed by atoms with van der Waals surface area (Å²) in [6.07, 6.45) is 0. The summed E-state index contributed by atoms with van der Waals surface area (Å²) >= 11 is 9.25. The fraction of sp³-hybridized carbons (Fsp3) is 0.0667. The minimum Gasteiger partial charge on any atom is -0.459 e. The topological polar surface area (TPSA) is 39.2 Å². The van der Waals surface area contributed by atoms with E-state index in [1.54, 1.807) is 36.4 Å². The molecule has 0 fully saturated rings. The van der Waals surface area contributed by atoms with Crippen LogP contribution in [0, 0.1) is 5.82 Å². The molecule has 2 aromatic carbocycles. The highest BCUT2D eigenvalue weighted by Gasteiger charge is 2.20. The molecule has 2 nitrogen and oxygen atoms in total. The minimum atomic E-state index is -0.684. The van der Waals surface area contributed by atoms with E-state index in [0.29, 0.717) is 26.4 Å². The maximum atomic E-state index is 13.9. The van der Waals surface area contributed by atoms with E-state index in [2.05, 4.69) is 15.9 Å². The SMILES string of the molecule is NC(c1cc2cc(Cl)ccc2o1)c1c(F)cccc1Br. The van der Waals surface area contributed by atoms with E-state index in [-0.39, 0.29) is 5.82 Å². The molecule has 0 aliphatic carbocycles. The predicted molar refractivity (Wildman–Crippen MR) is 81.4 cm³/mol. The lowest BCUT2D eigenvalue weighted by Gasteiger charge is -2.12. The van der Waals surface area contributed by atoms with Gasteiger partial charge in [0.15, 0.2) is 0 Å². The van der Waals surface area contributed by atoms with Gasteiger partial charge in [-0.15, -0.1) is 0 Å². The zero-order chi connectivity index (χ0) is 14.3. The molecule has 3 aromatic rings. The molecule has 1 aromatic heterocycles. The van der Waals surface area contributed by atoms with Gasteiger partial charge in [-0.1, -0.05) is 33.6 Å². The Kier molecular flexibility index (Phi) is 3.54. The summed E-state index contributed by atoms with van der Waals surface area (Å²) in [4.78, 5) is 0. The van der Waals surface area contributed by atoms with Gasteiger partial charge in [-0.25, -0.2) is 4.39 Å². The van der Waals surface area contributed by atoms with Crippen molar-refractivity contribution in [2.75, 3.05) is 0 Å². The van der Waals surface area contributed by atoms with Crippen LogP contribution in [-0.4, -0.2) is 0 Å². The Hall–Kier alpha value is -1.36. The van der Waals surface area contributed by atoms with E-state index in [1.165, 1.54) is 6.07 Å². The number of benzene rings is 2. The molecular weight excluding hydrogens is 345 g/mol. The van der Waals surface area contributed by atoms with E-state index in [9.17, 15) is 4.39 Å². The highest BCUT2D eigenvalue weighted by molar-refractivity contribution is 9.10. The van der Waals surface area contributed by atoms with Gasteiger partial charge < -0.3 is 10.2 Å². The van der Waals surface area contributed by atoms with Crippen LogP contribution in [0.1, 0.15) is 17.4 Å². The van der Waals surface area contributed by atoms with Crippen molar-refractivity contribution in [2.45, 2.75) is 6.04 Å². The van der Waals surface area contributed by atoms with Crippen molar-refractivity contribution < 1.29 is 8.81 Å². The molecular formula is C15H10BrClFNO. The highest BCUT2D eigenvalue weighted by Crippen LogP contribution is 2.32. The molecule has 0 saturated carbocycles. The van der Waals surface area contributed by atoms with Crippen molar-refractivity contribution in [1.82, 2.24) is 0 Å². The molecule has 0 aliphatic heterocycles. The number of fused-ring (bicyclic) bond motifs is 1. The first kappa shape index (κ1) is 13.6. The van der Waals surface area contributed by atoms with Gasteiger partial charge in [-0.05, 0) is 36.4 Å². The van der Waals surface area contributed by atoms with Crippen LogP contribution in [0.4, 0.5) is 4.39 Å². The summed E-state index contributed by atoms with van der Waals surface area (Å²) in [6.45, 7) is 0. The third-order valence-electron chi connectivity index (χ3n) is 3.11. The van der Waals surface area contributed by atoms with Crippen molar-refractivity contribution in [2.24, 2.45) is 5.73 Å². The molecule has 3 rings (SSSR count). The lowest BCUT2D eigenvalue weighted by molar-refractivity contribution is 0.509. The first-order valence-corrected chi connectivity index (χ1v) is 7.12. The van der Waals surface area contributed by atoms with Gasteiger partial charge in [0.25, 0.3) is 0 Å². The van der Waals surface area contributed by atoms with E-state index >= 15 is 0 Å². The second-order valence-corrected chi connectivity index (χ2v) is 5.73. The highest BCUT2D eigenvalue weighted by atomic mass is 79.9. The van der Waals surface area contributed by atoms with Crippen LogP contribution in [-0.2, 0) is 0 Å². The summed E-state index contributed by atoms with van der Waals surface area (Å²) in [7, 11) is 0. The Balaban J connectivity index is 2.10. The average Bonchev–Trinajstić information content (AvgIpc) is 2.81. The number of hydrogen-bond acceptors (Lipinski definition) is 2. The Labute approximate surface area is 128 Å². The van der Waals surface area contributed by atoms with Crippen LogP contribution in [0.2, 0.25) is 5.02 Å². The maximum Gasteiger partial charge on any atom is 0.134 e. The monoisotopic (exact) mass is 353 g/mol. The van der Waals surface area contributed by atoms with Gasteiger partial charge in [0.2, 0.25) is 0 Å². The van der Waals surface area contributed by atoms with Crippen LogP contribution >= 0.6 is 27.5 Å². The van der Waals surface area contributed by atoms with Crippen molar-refractivity contribution in [3.05, 3.63) is 69.1 Å². The standard InChI is InChI=1S/C15H10BrClFNO/c16-10-2-1-3-11(18)14(10)15(19)13-7-8-6-9(17)4-5-12(8)20-13/h1-7,15H,19H2. The molecule has 2 N–H and O–H groups in total. The van der Waals surface area contributed by atoms with Crippen LogP contribution in [0.15, 0.2) is 51.4 Å². The molecule has 20 heavy (non-hydrogen) atoms. The Morgan fingerprint density at radius 1 is 1.20 bits per heavy atom. The minimum absolute atomic E-state index is 0.370. The third-order valence-corrected chi connectivity index (χ3v) is 4.04. The van der Waals surface area contributed by atoms with Crippen LogP contribution < -0.4 is 5.73 Å². The molecule has 0 bridgehead atoms. The number of halogens is 3. The normalized spacial score (nSPS) is 12.8. The van der Waals surface area contributed by atoms with Gasteiger partial charge in [-0.3, -0.25) is 0 Å². The number of furan rings is 1. The summed E-state index contributed by atoms with van der Waals surface area (Å²) in [5, 5.41) is 1.46. The first-order valence-electron chi connectivity index (χ1n) is 5.95. The molecule has 5 heteroatoms. The molecule has 102 valence electrons. The zero-order valence-corrected chi connectivity index (χ0v) is 12.6. The van der Waals surface area contributed by atoms with Gasteiger partial charge in [0.05, 0.1) is 6.04 Å². The number of hydrogen-bond donors (Lipinski definition) is 1. The van der Waals surface area contributed by atoms with Crippen molar-refractivity contribution in [3.63, 3.8) is 0 Å². The summed E-state index contributed by atoms with van der Waals surface area (Å²) in [5.74, 6) is 0.124. The Morgan fingerprint density at radius 3 is 2.75 bits per heavy atom. The van der Waals surface area contributed by atoms with Gasteiger partial charge in [-0.2, -0.15) is 0 Å². The van der Waals surface area contributed by atoms with Gasteiger partial charge >= 0.3 is 0 Å². The van der Waals surface area contributed by atoms with E-state index < -0.39 is 6.04 Å². The second kappa shape index (κ2) is 5.20. The van der Waals surface area contributed by atoms with E-state index in [4.69, 9.17) is 21.8 Å². The van der Waals surface area contributed by atoms with Gasteiger partial charge in [0, 0.05) is 20.4 Å². The summed E-state index contributed by atoms with van der Waals surface area (Å²) < 4.78 is 20.2. The zero-order valence-electron chi connectivity index (χ0n) is 10.2. The molecule has 0 spiro atoms. The van der Waals surface area contributed by atoms with Crippen molar-refractivity contribution in [3.8, 4) is 0 Å². The molecule has 0 radical (unpaired) electrons. The number of nitrogens with two attached hydrogens (primary N) is 1. The third kappa shape index (κ3) is 2.35. The van der Waals surface area contributed by atoms with E-state index in [0.717, 1.165) is 5.39 Å². The van der Waals surface area contributed by atoms with Gasteiger partial charge in [0.1, 0.15) is 17.2 Å². The lowest BCUT2D eigenvalue weighted by Crippen LogP contribution is -2.13. The molecule has 0 aliphatic rings. The molecule has 1 atom stereocenters. The van der Waals surface area contributed by atoms with E-state index in [1.807, 2.05) is 0 Å². The second-order valence-electron chi connectivity index (χ2n) is 4.44. The first-order chi connectivity index (χ1) is 9.56. The molecule has 0 saturated heterocycles. The van der Waals surface area contributed by atoms with Crippen LogP contribution in [0.3, 0.4) is 0 Å². The smallest absolute Gasteiger partial charge is 0.134 e. The average molecular weight is 355 g/mol. The Morgan fingerprint density at radius 2 is 2.00 bits per heavy atom. The molecule has 1 heterocycles. The fourth-order valence-electron chi connectivity index (χ4n) is 2.14. The molecule has 1 unspecified atom stereocenters. The number of rotatable bonds is 2. The largest absolute Gasteiger partial charge is 0.459 e. The Bertz CT molecular complexity index is 766. The fourth-order valence-corrected chi connectivity index (χ4v) is 2.91. The summed E-state index contributed by atoms with van der Waals surface area (Å²) in [5.41, 5.74) is 7.17. The quantitative estimate of drug-likeness (QED) is 0.700.